The highest BCUT2D eigenvalue weighted by Gasteiger charge is 2.24. The molecule has 0 N–H and O–H groups in total. The molecule has 0 atom stereocenters. The molecule has 2 aromatic heterocycles. The molecule has 5 rings (SSSR count). The molecule has 0 fully saturated rings. The Morgan fingerprint density at radius 2 is 1.68 bits per heavy atom. The van der Waals surface area contributed by atoms with E-state index in [1.54, 1.807) is 0 Å². The van der Waals surface area contributed by atoms with Crippen molar-refractivity contribution in [2.24, 2.45) is 7.05 Å². The maximum absolute atomic E-state index is 7.48. The van der Waals surface area contributed by atoms with E-state index < -0.39 is 0 Å². The fraction of sp³-hybridized carbons (Fsp3) is 0.143. The summed E-state index contributed by atoms with van der Waals surface area (Å²) in [5.41, 5.74) is 10.4. The van der Waals surface area contributed by atoms with Gasteiger partial charge in [-0.3, -0.25) is 0 Å². The quantitative estimate of drug-likeness (QED) is 0.225. The van der Waals surface area contributed by atoms with Crippen LogP contribution in [0.15, 0.2) is 71.1 Å². The maximum Gasteiger partial charge on any atom is 0.216 e. The molecule has 0 amide bonds. The molecule has 0 saturated carbocycles. The first-order chi connectivity index (χ1) is 15.0. The molecule has 0 spiro atoms. The van der Waals surface area contributed by atoms with Gasteiger partial charge >= 0.3 is 0 Å². The van der Waals surface area contributed by atoms with Crippen molar-refractivity contribution in [2.75, 3.05) is 0 Å². The van der Waals surface area contributed by atoms with Crippen molar-refractivity contribution in [1.82, 2.24) is 0 Å². The van der Waals surface area contributed by atoms with Gasteiger partial charge in [-0.15, -0.1) is 0 Å². The summed E-state index contributed by atoms with van der Waals surface area (Å²) in [7, 11) is 2.10. The number of rotatable bonds is 2. The molecule has 3 heteroatoms. The number of hydrogen-bond acceptors (Lipinski definition) is 1. The van der Waals surface area contributed by atoms with Crippen LogP contribution in [0.4, 0.5) is 5.69 Å². The minimum atomic E-state index is 0.619. The Labute approximate surface area is 182 Å². The monoisotopic (exact) mass is 403 g/mol. The number of hydrogen-bond donors (Lipinski definition) is 0. The second kappa shape index (κ2) is 7.11. The molecule has 0 bridgehead atoms. The first kappa shape index (κ1) is 19.1. The van der Waals surface area contributed by atoms with Crippen LogP contribution in [0.2, 0.25) is 0 Å². The summed E-state index contributed by atoms with van der Waals surface area (Å²) in [5, 5.41) is 2.04. The van der Waals surface area contributed by atoms with E-state index in [0.717, 1.165) is 49.9 Å². The number of nitrogens with zero attached hydrogens (tertiary/aromatic N) is 2. The van der Waals surface area contributed by atoms with Crippen LogP contribution in [0, 0.1) is 27.3 Å². The van der Waals surface area contributed by atoms with Crippen molar-refractivity contribution < 1.29 is 8.98 Å². The van der Waals surface area contributed by atoms with E-state index in [4.69, 9.17) is 11.0 Å². The third kappa shape index (κ3) is 3.00. The molecule has 0 aliphatic heterocycles. The second-order valence-electron chi connectivity index (χ2n) is 8.20. The van der Waals surface area contributed by atoms with E-state index in [2.05, 4.69) is 79.7 Å². The number of aryl methyl sites for hydroxylation is 3. The first-order valence-electron chi connectivity index (χ1n) is 10.4. The SMILES string of the molecule is [C-]#[N+]c1ccc2oc3c(-c4cc(C)cc(C)[n+]4C)c(C)cc(-c4ccccc4)c3c2c1. The summed E-state index contributed by atoms with van der Waals surface area (Å²) < 4.78 is 8.72. The largest absolute Gasteiger partial charge is 0.455 e. The molecule has 0 aliphatic rings. The highest BCUT2D eigenvalue weighted by molar-refractivity contribution is 6.17. The fourth-order valence-electron chi connectivity index (χ4n) is 4.51. The predicted octanol–water partition coefficient (Wildman–Crippen LogP) is 7.22. The molecule has 3 aromatic carbocycles. The van der Waals surface area contributed by atoms with Gasteiger partial charge in [-0.2, -0.15) is 4.57 Å². The molecule has 3 nitrogen and oxygen atoms in total. The van der Waals surface area contributed by atoms with Crippen LogP contribution in [0.5, 0.6) is 0 Å². The molecular formula is C28H23N2O+. The Balaban J connectivity index is 1.99. The lowest BCUT2D eigenvalue weighted by molar-refractivity contribution is -0.666. The van der Waals surface area contributed by atoms with Crippen molar-refractivity contribution in [3.63, 3.8) is 0 Å². The van der Waals surface area contributed by atoms with E-state index in [0.29, 0.717) is 5.69 Å². The molecule has 0 unspecified atom stereocenters. The van der Waals surface area contributed by atoms with E-state index in [-0.39, 0.29) is 0 Å². The number of pyridine rings is 1. The van der Waals surface area contributed by atoms with Crippen LogP contribution < -0.4 is 4.57 Å². The van der Waals surface area contributed by atoms with E-state index in [1.807, 2.05) is 24.3 Å². The lowest BCUT2D eigenvalue weighted by Crippen LogP contribution is -2.35. The molecule has 0 aliphatic carbocycles. The van der Waals surface area contributed by atoms with E-state index in [9.17, 15) is 0 Å². The smallest absolute Gasteiger partial charge is 0.216 e. The van der Waals surface area contributed by atoms with E-state index in [1.165, 1.54) is 11.3 Å². The summed E-state index contributed by atoms with van der Waals surface area (Å²) in [6, 6.07) is 22.7. The summed E-state index contributed by atoms with van der Waals surface area (Å²) >= 11 is 0. The lowest BCUT2D eigenvalue weighted by Gasteiger charge is -2.12. The zero-order valence-electron chi connectivity index (χ0n) is 18.2. The molecular weight excluding hydrogens is 380 g/mol. The summed E-state index contributed by atoms with van der Waals surface area (Å²) in [4.78, 5) is 3.65. The van der Waals surface area contributed by atoms with Gasteiger partial charge < -0.3 is 4.42 Å². The van der Waals surface area contributed by atoms with Gasteiger partial charge in [-0.25, -0.2) is 4.85 Å². The Kier molecular flexibility index (Phi) is 4.38. The fourth-order valence-corrected chi connectivity index (χ4v) is 4.51. The Morgan fingerprint density at radius 3 is 2.42 bits per heavy atom. The van der Waals surface area contributed by atoms with E-state index >= 15 is 0 Å². The van der Waals surface area contributed by atoms with Gasteiger partial charge in [-0.05, 0) is 54.3 Å². The minimum Gasteiger partial charge on any atom is -0.455 e. The average molecular weight is 404 g/mol. The van der Waals surface area contributed by atoms with Gasteiger partial charge in [-0.1, -0.05) is 36.4 Å². The van der Waals surface area contributed by atoms with Crippen LogP contribution >= 0.6 is 0 Å². The normalized spacial score (nSPS) is 11.2. The molecule has 150 valence electrons. The first-order valence-corrected chi connectivity index (χ1v) is 10.4. The zero-order valence-corrected chi connectivity index (χ0v) is 18.2. The van der Waals surface area contributed by atoms with Gasteiger partial charge in [0.1, 0.15) is 18.2 Å². The van der Waals surface area contributed by atoms with Gasteiger partial charge in [0, 0.05) is 29.8 Å². The Morgan fingerprint density at radius 1 is 0.903 bits per heavy atom. The molecule has 31 heavy (non-hydrogen) atoms. The second-order valence-corrected chi connectivity index (χ2v) is 8.20. The maximum atomic E-state index is 7.48. The minimum absolute atomic E-state index is 0.619. The molecule has 0 saturated heterocycles. The van der Waals surface area contributed by atoms with Crippen LogP contribution in [0.3, 0.4) is 0 Å². The standard InChI is InChI=1S/C28H23N2O/c1-17-13-19(3)30(5)24(14-17)26-18(2)15-22(20-9-7-6-8-10-20)27-23-16-21(29-4)11-12-25(23)31-28(26)27/h6-16H,1-3,5H3/q+1. The Bertz CT molecular complexity index is 1520. The zero-order chi connectivity index (χ0) is 21.7. The topological polar surface area (TPSA) is 21.4 Å². The number of aromatic nitrogens is 1. The third-order valence-corrected chi connectivity index (χ3v) is 6.08. The summed E-state index contributed by atoms with van der Waals surface area (Å²) in [5.74, 6) is 0. The predicted molar refractivity (Wildman–Crippen MR) is 126 cm³/mol. The lowest BCUT2D eigenvalue weighted by atomic mass is 9.92. The highest BCUT2D eigenvalue weighted by Crippen LogP contribution is 2.43. The highest BCUT2D eigenvalue weighted by atomic mass is 16.3. The van der Waals surface area contributed by atoms with Gasteiger partial charge in [0.25, 0.3) is 0 Å². The van der Waals surface area contributed by atoms with Crippen LogP contribution in [-0.2, 0) is 7.05 Å². The van der Waals surface area contributed by atoms with Crippen molar-refractivity contribution >= 4 is 27.6 Å². The van der Waals surface area contributed by atoms with Crippen molar-refractivity contribution in [3.05, 3.63) is 95.0 Å². The molecule has 0 radical (unpaired) electrons. The Hall–Kier alpha value is -3.90. The van der Waals surface area contributed by atoms with Crippen molar-refractivity contribution in [3.8, 4) is 22.4 Å². The van der Waals surface area contributed by atoms with Gasteiger partial charge in [0.15, 0.2) is 11.4 Å². The van der Waals surface area contributed by atoms with Crippen molar-refractivity contribution in [2.45, 2.75) is 20.8 Å². The van der Waals surface area contributed by atoms with Crippen LogP contribution in [-0.4, -0.2) is 0 Å². The van der Waals surface area contributed by atoms with Gasteiger partial charge in [0.2, 0.25) is 5.69 Å². The number of furan rings is 1. The molecule has 2 heterocycles. The number of fused-ring (bicyclic) bond motifs is 3. The van der Waals surface area contributed by atoms with Crippen LogP contribution in [0.1, 0.15) is 16.8 Å². The summed E-state index contributed by atoms with van der Waals surface area (Å²) in [6.45, 7) is 13.9. The van der Waals surface area contributed by atoms with Crippen LogP contribution in [0.25, 0.3) is 49.2 Å². The third-order valence-electron chi connectivity index (χ3n) is 6.08. The van der Waals surface area contributed by atoms with Gasteiger partial charge in [0.05, 0.1) is 12.1 Å². The van der Waals surface area contributed by atoms with Crippen molar-refractivity contribution in [1.29, 1.82) is 0 Å². The summed E-state index contributed by atoms with van der Waals surface area (Å²) in [6.07, 6.45) is 0. The average Bonchev–Trinajstić information content (AvgIpc) is 3.14. The molecule has 5 aromatic rings. The number of benzene rings is 3.